The first-order valence-electron chi connectivity index (χ1n) is 5.84. The third-order valence-corrected chi connectivity index (χ3v) is 2.65. The molecule has 90 valence electrons. The number of hydrogen-bond acceptors (Lipinski definition) is 2. The predicted molar refractivity (Wildman–Crippen MR) is 67.5 cm³/mol. The van der Waals surface area contributed by atoms with Gasteiger partial charge < -0.3 is 4.90 Å². The molecule has 1 aromatic rings. The van der Waals surface area contributed by atoms with E-state index in [-0.39, 0.29) is 11.8 Å². The zero-order chi connectivity index (χ0) is 12.8. The molecule has 3 heteroatoms. The molecule has 1 unspecified atom stereocenters. The van der Waals surface area contributed by atoms with Crippen LogP contribution in [0.2, 0.25) is 0 Å². The Kier molecular flexibility index (Phi) is 4.71. The summed E-state index contributed by atoms with van der Waals surface area (Å²) in [6, 6.07) is 9.69. The smallest absolute Gasteiger partial charge is 0.253 e. The van der Waals surface area contributed by atoms with Crippen molar-refractivity contribution in [2.24, 2.45) is 5.92 Å². The molecule has 0 aliphatic carbocycles. The summed E-state index contributed by atoms with van der Waals surface area (Å²) in [6.07, 6.45) is 0. The zero-order valence-electron chi connectivity index (χ0n) is 10.6. The molecule has 3 nitrogen and oxygen atoms in total. The minimum atomic E-state index is -0.135. The summed E-state index contributed by atoms with van der Waals surface area (Å²) < 4.78 is 0. The average molecular weight is 230 g/mol. The monoisotopic (exact) mass is 230 g/mol. The van der Waals surface area contributed by atoms with Crippen molar-refractivity contribution < 1.29 is 4.79 Å². The number of amides is 1. The van der Waals surface area contributed by atoms with E-state index in [1.165, 1.54) is 0 Å². The van der Waals surface area contributed by atoms with Crippen molar-refractivity contribution in [1.29, 1.82) is 5.26 Å². The Balaban J connectivity index is 2.83. The van der Waals surface area contributed by atoms with Gasteiger partial charge in [-0.3, -0.25) is 4.79 Å². The molecule has 0 aliphatic rings. The number of carbonyl (C=O) groups excluding carboxylic acids is 1. The standard InChI is InChI=1S/C14H18N2O/c1-4-16(10-12(3)9-15)14(17)13-7-5-6-11(2)8-13/h5-8,12H,4,10H2,1-3H3. The molecule has 0 N–H and O–H groups in total. The van der Waals surface area contributed by atoms with E-state index in [1.807, 2.05) is 45.0 Å². The molecule has 0 heterocycles. The maximum absolute atomic E-state index is 12.2. The number of nitriles is 1. The Hall–Kier alpha value is -1.82. The summed E-state index contributed by atoms with van der Waals surface area (Å²) in [7, 11) is 0. The van der Waals surface area contributed by atoms with Crippen LogP contribution in [0.4, 0.5) is 0 Å². The molecule has 0 aliphatic heterocycles. The summed E-state index contributed by atoms with van der Waals surface area (Å²) in [6.45, 7) is 6.83. The van der Waals surface area contributed by atoms with Gasteiger partial charge in [-0.2, -0.15) is 5.26 Å². The molecule has 1 aromatic carbocycles. The van der Waals surface area contributed by atoms with Crippen LogP contribution in [0.3, 0.4) is 0 Å². The Bertz CT molecular complexity index is 434. The van der Waals surface area contributed by atoms with Crippen molar-refractivity contribution in [3.63, 3.8) is 0 Å². The molecule has 0 saturated heterocycles. The highest BCUT2D eigenvalue weighted by Crippen LogP contribution is 2.09. The fourth-order valence-corrected chi connectivity index (χ4v) is 1.69. The molecule has 0 radical (unpaired) electrons. The first-order valence-corrected chi connectivity index (χ1v) is 5.84. The second-order valence-electron chi connectivity index (χ2n) is 4.24. The molecule has 0 bridgehead atoms. The van der Waals surface area contributed by atoms with E-state index in [4.69, 9.17) is 5.26 Å². The lowest BCUT2D eigenvalue weighted by molar-refractivity contribution is 0.0752. The molecule has 0 fully saturated rings. The second kappa shape index (κ2) is 6.05. The number of rotatable bonds is 4. The molecule has 0 saturated carbocycles. The maximum atomic E-state index is 12.2. The molecule has 17 heavy (non-hydrogen) atoms. The molecule has 1 rings (SSSR count). The Labute approximate surface area is 103 Å². The Morgan fingerprint density at radius 3 is 2.76 bits per heavy atom. The van der Waals surface area contributed by atoms with Crippen molar-refractivity contribution in [3.05, 3.63) is 35.4 Å². The van der Waals surface area contributed by atoms with Gasteiger partial charge in [0.25, 0.3) is 5.91 Å². The van der Waals surface area contributed by atoms with Crippen LogP contribution in [0.1, 0.15) is 29.8 Å². The normalized spacial score (nSPS) is 11.6. The van der Waals surface area contributed by atoms with Gasteiger partial charge >= 0.3 is 0 Å². The third-order valence-electron chi connectivity index (χ3n) is 2.65. The van der Waals surface area contributed by atoms with E-state index < -0.39 is 0 Å². The summed E-state index contributed by atoms with van der Waals surface area (Å²) in [5.74, 6) is -0.137. The Morgan fingerprint density at radius 2 is 2.24 bits per heavy atom. The van der Waals surface area contributed by atoms with Crippen LogP contribution in [-0.2, 0) is 0 Å². The lowest BCUT2D eigenvalue weighted by atomic mass is 10.1. The maximum Gasteiger partial charge on any atom is 0.253 e. The molecule has 0 aromatic heterocycles. The van der Waals surface area contributed by atoms with Gasteiger partial charge in [-0.1, -0.05) is 17.7 Å². The van der Waals surface area contributed by atoms with Gasteiger partial charge in [-0.05, 0) is 32.9 Å². The van der Waals surface area contributed by atoms with Gasteiger partial charge in [-0.15, -0.1) is 0 Å². The topological polar surface area (TPSA) is 44.1 Å². The van der Waals surface area contributed by atoms with Gasteiger partial charge in [0.2, 0.25) is 0 Å². The minimum absolute atomic E-state index is 0.00157. The van der Waals surface area contributed by atoms with Crippen LogP contribution in [0.5, 0.6) is 0 Å². The highest BCUT2D eigenvalue weighted by molar-refractivity contribution is 5.94. The first kappa shape index (κ1) is 13.2. The van der Waals surface area contributed by atoms with Crippen LogP contribution in [0, 0.1) is 24.2 Å². The first-order chi connectivity index (χ1) is 8.08. The number of hydrogen-bond donors (Lipinski definition) is 0. The highest BCUT2D eigenvalue weighted by atomic mass is 16.2. The third kappa shape index (κ3) is 3.60. The second-order valence-corrected chi connectivity index (χ2v) is 4.24. The lowest BCUT2D eigenvalue weighted by Gasteiger charge is -2.22. The van der Waals surface area contributed by atoms with Crippen molar-refractivity contribution >= 4 is 5.91 Å². The van der Waals surface area contributed by atoms with E-state index >= 15 is 0 Å². The van der Waals surface area contributed by atoms with Crippen LogP contribution in [0.15, 0.2) is 24.3 Å². The van der Waals surface area contributed by atoms with Gasteiger partial charge in [0.1, 0.15) is 0 Å². The zero-order valence-corrected chi connectivity index (χ0v) is 10.6. The van der Waals surface area contributed by atoms with E-state index in [2.05, 4.69) is 6.07 Å². The fraction of sp³-hybridized carbons (Fsp3) is 0.429. The van der Waals surface area contributed by atoms with Crippen LogP contribution in [0.25, 0.3) is 0 Å². The van der Waals surface area contributed by atoms with Crippen LogP contribution < -0.4 is 0 Å². The van der Waals surface area contributed by atoms with Gasteiger partial charge in [0.05, 0.1) is 12.0 Å². The van der Waals surface area contributed by atoms with Gasteiger partial charge in [-0.25, -0.2) is 0 Å². The minimum Gasteiger partial charge on any atom is -0.338 e. The SMILES string of the molecule is CCN(CC(C)C#N)C(=O)c1cccc(C)c1. The number of aryl methyl sites for hydroxylation is 1. The summed E-state index contributed by atoms with van der Waals surface area (Å²) in [5.41, 5.74) is 1.76. The number of nitrogens with zero attached hydrogens (tertiary/aromatic N) is 2. The molecule has 0 spiro atoms. The van der Waals surface area contributed by atoms with Crippen LogP contribution in [-0.4, -0.2) is 23.9 Å². The van der Waals surface area contributed by atoms with Crippen molar-refractivity contribution in [1.82, 2.24) is 4.90 Å². The quantitative estimate of drug-likeness (QED) is 0.798. The largest absolute Gasteiger partial charge is 0.338 e. The van der Waals surface area contributed by atoms with E-state index in [0.29, 0.717) is 18.7 Å². The average Bonchev–Trinajstić information content (AvgIpc) is 2.34. The molecular formula is C14H18N2O. The molecule has 1 atom stereocenters. The highest BCUT2D eigenvalue weighted by Gasteiger charge is 2.16. The van der Waals surface area contributed by atoms with E-state index in [0.717, 1.165) is 5.56 Å². The Morgan fingerprint density at radius 1 is 1.53 bits per heavy atom. The number of carbonyl (C=O) groups is 1. The summed E-state index contributed by atoms with van der Waals surface area (Å²) >= 11 is 0. The van der Waals surface area contributed by atoms with Gasteiger partial charge in [0, 0.05) is 18.7 Å². The summed E-state index contributed by atoms with van der Waals surface area (Å²) in [4.78, 5) is 13.9. The number of benzene rings is 1. The fourth-order valence-electron chi connectivity index (χ4n) is 1.69. The van der Waals surface area contributed by atoms with E-state index in [9.17, 15) is 4.79 Å². The summed E-state index contributed by atoms with van der Waals surface area (Å²) in [5, 5.41) is 8.79. The van der Waals surface area contributed by atoms with Gasteiger partial charge in [0.15, 0.2) is 0 Å². The predicted octanol–water partition coefficient (Wildman–Crippen LogP) is 2.62. The molecular weight excluding hydrogens is 212 g/mol. The molecule has 1 amide bonds. The van der Waals surface area contributed by atoms with Crippen molar-refractivity contribution in [2.45, 2.75) is 20.8 Å². The van der Waals surface area contributed by atoms with Crippen molar-refractivity contribution in [2.75, 3.05) is 13.1 Å². The van der Waals surface area contributed by atoms with E-state index in [1.54, 1.807) is 4.90 Å². The van der Waals surface area contributed by atoms with Crippen LogP contribution >= 0.6 is 0 Å². The van der Waals surface area contributed by atoms with Crippen molar-refractivity contribution in [3.8, 4) is 6.07 Å². The lowest BCUT2D eigenvalue weighted by Crippen LogP contribution is -2.34.